The Balaban J connectivity index is 1.06. The number of nitrogens with one attached hydrogen (secondary N) is 2. The number of hydrogen-bond acceptors (Lipinski definition) is 7. The predicted octanol–water partition coefficient (Wildman–Crippen LogP) is 4.42. The summed E-state index contributed by atoms with van der Waals surface area (Å²) in [5.41, 5.74) is 1.76. The predicted molar refractivity (Wildman–Crippen MR) is 141 cm³/mol. The molecule has 0 radical (unpaired) electrons. The molecular formula is C27H25F7N8O3. The van der Waals surface area contributed by atoms with Gasteiger partial charge in [-0.25, -0.2) is 4.39 Å². The van der Waals surface area contributed by atoms with E-state index >= 15 is 0 Å². The number of aryl methyl sites for hydroxylation is 2. The van der Waals surface area contributed by atoms with E-state index in [0.717, 1.165) is 35.0 Å². The number of hydrogen-bond donors (Lipinski definition) is 2. The summed E-state index contributed by atoms with van der Waals surface area (Å²) in [5, 5.41) is 19.2. The highest BCUT2D eigenvalue weighted by molar-refractivity contribution is 5.91. The lowest BCUT2D eigenvalue weighted by Gasteiger charge is -2.39. The van der Waals surface area contributed by atoms with Crippen molar-refractivity contribution in [2.75, 3.05) is 13.1 Å². The molecule has 45 heavy (non-hydrogen) atoms. The molecule has 2 N–H and O–H groups in total. The largest absolute Gasteiger partial charge is 0.573 e. The number of ether oxygens (including phenoxy) is 1. The molecule has 1 saturated heterocycles. The van der Waals surface area contributed by atoms with Crippen molar-refractivity contribution in [3.8, 4) is 5.75 Å². The van der Waals surface area contributed by atoms with Crippen LogP contribution in [0.25, 0.3) is 11.0 Å². The van der Waals surface area contributed by atoms with Crippen molar-refractivity contribution in [1.82, 2.24) is 40.4 Å². The Morgan fingerprint density at radius 3 is 2.53 bits per heavy atom. The quantitative estimate of drug-likeness (QED) is 0.183. The van der Waals surface area contributed by atoms with E-state index in [1.165, 1.54) is 15.8 Å². The topological polar surface area (TPSA) is 131 Å². The number of alkyl halides is 6. The van der Waals surface area contributed by atoms with Gasteiger partial charge in [-0.15, -0.1) is 23.4 Å². The maximum absolute atomic E-state index is 14.0. The van der Waals surface area contributed by atoms with Gasteiger partial charge in [-0.05, 0) is 49.6 Å². The van der Waals surface area contributed by atoms with Gasteiger partial charge in [0, 0.05) is 48.7 Å². The molecule has 1 fully saturated rings. The number of amides is 2. The number of benzene rings is 1. The molecule has 0 bridgehead atoms. The third kappa shape index (κ3) is 8.45. The Labute approximate surface area is 249 Å². The number of carbonyl (C=O) groups is 2. The number of halogens is 7. The van der Waals surface area contributed by atoms with Crippen LogP contribution in [0.4, 0.5) is 30.7 Å². The van der Waals surface area contributed by atoms with Crippen LogP contribution in [-0.4, -0.2) is 72.5 Å². The van der Waals surface area contributed by atoms with Gasteiger partial charge in [-0.1, -0.05) is 5.21 Å². The van der Waals surface area contributed by atoms with Crippen LogP contribution in [0.2, 0.25) is 0 Å². The average Bonchev–Trinajstić information content (AvgIpc) is 3.55. The van der Waals surface area contributed by atoms with E-state index in [9.17, 15) is 40.3 Å². The highest BCUT2D eigenvalue weighted by Gasteiger charge is 2.39. The fourth-order valence-corrected chi connectivity index (χ4v) is 4.74. The fourth-order valence-electron chi connectivity index (χ4n) is 4.74. The van der Waals surface area contributed by atoms with E-state index in [4.69, 9.17) is 0 Å². The molecule has 2 amide bonds. The first-order valence-electron chi connectivity index (χ1n) is 13.6. The zero-order chi connectivity index (χ0) is 32.4. The van der Waals surface area contributed by atoms with Gasteiger partial charge in [0.25, 0.3) is 5.91 Å². The zero-order valence-corrected chi connectivity index (χ0v) is 23.3. The highest BCUT2D eigenvalue weighted by Crippen LogP contribution is 2.31. The molecule has 0 saturated carbocycles. The number of unbranched alkanes of at least 4 members (excludes halogenated alkanes) is 1. The molecule has 1 aliphatic heterocycles. The number of aromatic nitrogens is 6. The van der Waals surface area contributed by atoms with E-state index < -0.39 is 48.9 Å². The number of nitrogens with zero attached hydrogens (tertiary/aromatic N) is 6. The van der Waals surface area contributed by atoms with Crippen LogP contribution >= 0.6 is 0 Å². The van der Waals surface area contributed by atoms with Crippen LogP contribution in [0.1, 0.15) is 52.6 Å². The minimum atomic E-state index is -4.94. The summed E-state index contributed by atoms with van der Waals surface area (Å²) in [4.78, 5) is 28.4. The van der Waals surface area contributed by atoms with Crippen LogP contribution < -0.4 is 10.1 Å². The van der Waals surface area contributed by atoms with Crippen molar-refractivity contribution < 1.29 is 45.1 Å². The van der Waals surface area contributed by atoms with Crippen molar-refractivity contribution in [3.63, 3.8) is 0 Å². The summed E-state index contributed by atoms with van der Waals surface area (Å²) in [6.07, 6.45) is -7.65. The van der Waals surface area contributed by atoms with Crippen molar-refractivity contribution in [3.05, 3.63) is 65.0 Å². The molecule has 11 nitrogen and oxygen atoms in total. The maximum Gasteiger partial charge on any atom is 0.573 e. The van der Waals surface area contributed by atoms with Gasteiger partial charge in [0.2, 0.25) is 5.91 Å². The second-order valence-electron chi connectivity index (χ2n) is 10.5. The Hall–Kier alpha value is -4.77. The lowest BCUT2D eigenvalue weighted by Crippen LogP contribution is -2.49. The molecule has 0 aliphatic carbocycles. The zero-order valence-electron chi connectivity index (χ0n) is 23.3. The Kier molecular flexibility index (Phi) is 8.92. The SMILES string of the molecule is O=C(NCc1cc(OC(F)(F)F)ccc1F)c1cn(CCCCc2cc3cc(C4CN(C(=O)CC(F)(F)F)C4)[nH]c3nn2)nn1. The standard InChI is InChI=1S/C27H25F7N8O3/c28-20-5-4-19(45-27(32,33)34)8-16(20)11-35-25(44)22-14-42(40-38-22)6-2-1-3-18-7-15-9-21(36-24(15)39-37-18)17-12-41(13-17)23(43)10-26(29,30)31/h4-5,7-9,14,17H,1-3,6,10-13H2,(H,35,44)(H,36,39). The number of rotatable bonds is 11. The first-order valence-corrected chi connectivity index (χ1v) is 13.6. The number of H-pyrrole nitrogens is 1. The van der Waals surface area contributed by atoms with Gasteiger partial charge in [0.05, 0.1) is 11.9 Å². The maximum atomic E-state index is 14.0. The smallest absolute Gasteiger partial charge is 0.406 e. The molecular weight excluding hydrogens is 617 g/mol. The van der Waals surface area contributed by atoms with Crippen molar-refractivity contribution in [2.24, 2.45) is 0 Å². The second-order valence-corrected chi connectivity index (χ2v) is 10.5. The van der Waals surface area contributed by atoms with Gasteiger partial charge in [0.1, 0.15) is 18.0 Å². The summed E-state index contributed by atoms with van der Waals surface area (Å²) < 4.78 is 93.8. The lowest BCUT2D eigenvalue weighted by molar-refractivity contribution is -0.274. The molecule has 18 heteroatoms. The van der Waals surface area contributed by atoms with Crippen LogP contribution in [0.15, 0.2) is 36.5 Å². The molecule has 0 spiro atoms. The number of aromatic amines is 1. The molecule has 1 aromatic carbocycles. The third-order valence-electron chi connectivity index (χ3n) is 7.01. The van der Waals surface area contributed by atoms with Crippen LogP contribution in [0, 0.1) is 5.82 Å². The van der Waals surface area contributed by atoms with E-state index in [-0.39, 0.29) is 30.3 Å². The van der Waals surface area contributed by atoms with E-state index in [2.05, 4.69) is 35.5 Å². The van der Waals surface area contributed by atoms with E-state index in [0.29, 0.717) is 31.5 Å². The summed E-state index contributed by atoms with van der Waals surface area (Å²) in [6.45, 7) is 0.407. The summed E-state index contributed by atoms with van der Waals surface area (Å²) in [6, 6.07) is 6.18. The molecule has 0 unspecified atom stereocenters. The molecule has 0 atom stereocenters. The van der Waals surface area contributed by atoms with E-state index in [1.54, 1.807) is 0 Å². The fraction of sp³-hybridized carbons (Fsp3) is 0.407. The van der Waals surface area contributed by atoms with Gasteiger partial charge in [-0.2, -0.15) is 18.3 Å². The molecule has 4 heterocycles. The summed E-state index contributed by atoms with van der Waals surface area (Å²) >= 11 is 0. The van der Waals surface area contributed by atoms with Gasteiger partial charge in [0.15, 0.2) is 11.3 Å². The van der Waals surface area contributed by atoms with Crippen molar-refractivity contribution in [2.45, 2.75) is 57.2 Å². The number of likely N-dealkylation sites (tertiary alicyclic amines) is 1. The van der Waals surface area contributed by atoms with Crippen LogP contribution in [0.5, 0.6) is 5.75 Å². The summed E-state index contributed by atoms with van der Waals surface area (Å²) in [7, 11) is 0. The molecule has 3 aromatic heterocycles. The van der Waals surface area contributed by atoms with Crippen molar-refractivity contribution >= 4 is 22.8 Å². The average molecular weight is 643 g/mol. The normalized spacial score (nSPS) is 14.1. The first-order chi connectivity index (χ1) is 21.2. The molecule has 4 aromatic rings. The minimum absolute atomic E-state index is 0.0583. The Morgan fingerprint density at radius 2 is 1.80 bits per heavy atom. The highest BCUT2D eigenvalue weighted by atomic mass is 19.4. The Bertz CT molecular complexity index is 1680. The molecule has 1 aliphatic rings. The third-order valence-corrected chi connectivity index (χ3v) is 7.01. The molecule has 5 rings (SSSR count). The second kappa shape index (κ2) is 12.7. The van der Waals surface area contributed by atoms with Crippen LogP contribution in [-0.2, 0) is 24.3 Å². The van der Waals surface area contributed by atoms with Gasteiger partial charge in [-0.3, -0.25) is 14.3 Å². The lowest BCUT2D eigenvalue weighted by atomic mass is 9.96. The number of fused-ring (bicyclic) bond motifs is 1. The van der Waals surface area contributed by atoms with Gasteiger partial charge >= 0.3 is 12.5 Å². The van der Waals surface area contributed by atoms with Gasteiger partial charge < -0.3 is 19.9 Å². The molecule has 240 valence electrons. The number of carbonyl (C=O) groups excluding carboxylic acids is 2. The summed E-state index contributed by atoms with van der Waals surface area (Å²) in [5.74, 6) is -3.19. The van der Waals surface area contributed by atoms with Crippen LogP contribution in [0.3, 0.4) is 0 Å². The monoisotopic (exact) mass is 642 g/mol. The van der Waals surface area contributed by atoms with E-state index in [1.807, 2.05) is 12.1 Å². The minimum Gasteiger partial charge on any atom is -0.406 e. The first kappa shape index (κ1) is 31.6. The van der Waals surface area contributed by atoms with Crippen molar-refractivity contribution in [1.29, 1.82) is 0 Å². The Morgan fingerprint density at radius 1 is 1.02 bits per heavy atom.